The van der Waals surface area contributed by atoms with E-state index in [9.17, 15) is 9.18 Å². The number of hydrogen-bond acceptors (Lipinski definition) is 4. The summed E-state index contributed by atoms with van der Waals surface area (Å²) in [4.78, 5) is 16.2. The van der Waals surface area contributed by atoms with Gasteiger partial charge in [-0.15, -0.1) is 11.3 Å². The van der Waals surface area contributed by atoms with Gasteiger partial charge in [-0.1, -0.05) is 12.1 Å². The summed E-state index contributed by atoms with van der Waals surface area (Å²) in [5.41, 5.74) is 3.58. The van der Waals surface area contributed by atoms with Crippen LogP contribution < -0.4 is 0 Å². The average Bonchev–Trinajstić information content (AvgIpc) is 3.19. The molecule has 0 aliphatic rings. The van der Waals surface area contributed by atoms with Crippen LogP contribution in [0.4, 0.5) is 4.39 Å². The average molecular weight is 356 g/mol. The number of nitrogens with zero attached hydrogens (tertiary/aromatic N) is 2. The Morgan fingerprint density at radius 1 is 1.36 bits per heavy atom. The van der Waals surface area contributed by atoms with Crippen LogP contribution in [-0.4, -0.2) is 15.5 Å². The minimum atomic E-state index is -0.469. The summed E-state index contributed by atoms with van der Waals surface area (Å²) in [6, 6.07) is 7.98. The fraction of sp³-hybridized carbons (Fsp3) is 0.158. The van der Waals surface area contributed by atoms with Gasteiger partial charge in [0.2, 0.25) is 0 Å². The highest BCUT2D eigenvalue weighted by Crippen LogP contribution is 2.23. The van der Waals surface area contributed by atoms with Crippen LogP contribution in [-0.2, 0) is 16.1 Å². The van der Waals surface area contributed by atoms with Crippen molar-refractivity contribution in [2.24, 2.45) is 0 Å². The molecule has 0 atom stereocenters. The molecule has 0 saturated carbocycles. The second kappa shape index (κ2) is 7.44. The van der Waals surface area contributed by atoms with E-state index >= 15 is 0 Å². The van der Waals surface area contributed by atoms with Gasteiger partial charge in [0, 0.05) is 29.0 Å². The first-order valence-corrected chi connectivity index (χ1v) is 8.60. The van der Waals surface area contributed by atoms with Gasteiger partial charge in [-0.3, -0.25) is 4.57 Å². The lowest BCUT2D eigenvalue weighted by Crippen LogP contribution is -2.01. The van der Waals surface area contributed by atoms with E-state index in [1.54, 1.807) is 35.7 Å². The minimum absolute atomic E-state index is 0.0407. The number of esters is 1. The molecule has 0 aliphatic carbocycles. The van der Waals surface area contributed by atoms with Gasteiger partial charge in [-0.05, 0) is 49.2 Å². The van der Waals surface area contributed by atoms with Gasteiger partial charge < -0.3 is 4.74 Å². The van der Waals surface area contributed by atoms with Crippen molar-refractivity contribution in [1.29, 1.82) is 0 Å². The van der Waals surface area contributed by atoms with Crippen molar-refractivity contribution in [3.8, 4) is 5.13 Å². The summed E-state index contributed by atoms with van der Waals surface area (Å²) in [7, 11) is 0. The molecular formula is C19H17FN2O2S. The number of rotatable bonds is 5. The number of benzene rings is 1. The Morgan fingerprint density at radius 3 is 2.92 bits per heavy atom. The van der Waals surface area contributed by atoms with Crippen LogP contribution in [0.2, 0.25) is 0 Å². The van der Waals surface area contributed by atoms with Crippen molar-refractivity contribution >= 4 is 23.4 Å². The van der Waals surface area contributed by atoms with Crippen molar-refractivity contribution < 1.29 is 13.9 Å². The SMILES string of the molecule is Cc1cc(C=CC(=O)OCc2cccc(F)c2)c(C)n1-c1nccs1. The monoisotopic (exact) mass is 356 g/mol. The van der Waals surface area contributed by atoms with Crippen molar-refractivity contribution in [3.63, 3.8) is 0 Å². The standard InChI is InChI=1S/C19H17FN2O2S/c1-13-10-16(14(2)22(13)19-21-8-9-25-19)6-7-18(23)24-12-15-4-3-5-17(20)11-15/h3-11H,12H2,1-2H3. The highest BCUT2D eigenvalue weighted by atomic mass is 32.1. The van der Waals surface area contributed by atoms with Gasteiger partial charge in [0.15, 0.2) is 5.13 Å². The normalized spacial score (nSPS) is 11.2. The Morgan fingerprint density at radius 2 is 2.20 bits per heavy atom. The predicted octanol–water partition coefficient (Wildman–Crippen LogP) is 4.45. The maximum Gasteiger partial charge on any atom is 0.331 e. The van der Waals surface area contributed by atoms with Gasteiger partial charge in [0.1, 0.15) is 12.4 Å². The van der Waals surface area contributed by atoms with E-state index in [4.69, 9.17) is 4.74 Å². The summed E-state index contributed by atoms with van der Waals surface area (Å²) in [6.07, 6.45) is 4.87. The molecule has 6 heteroatoms. The topological polar surface area (TPSA) is 44.1 Å². The third-order valence-corrected chi connectivity index (χ3v) is 4.51. The fourth-order valence-electron chi connectivity index (χ4n) is 2.56. The molecule has 25 heavy (non-hydrogen) atoms. The lowest BCUT2D eigenvalue weighted by molar-refractivity contribution is -0.138. The predicted molar refractivity (Wildman–Crippen MR) is 96.1 cm³/mol. The van der Waals surface area contributed by atoms with Gasteiger partial charge in [0.25, 0.3) is 0 Å². The smallest absolute Gasteiger partial charge is 0.331 e. The summed E-state index contributed by atoms with van der Waals surface area (Å²) < 4.78 is 20.3. The van der Waals surface area contributed by atoms with E-state index < -0.39 is 5.97 Å². The van der Waals surface area contributed by atoms with Crippen LogP contribution >= 0.6 is 11.3 Å². The molecular weight excluding hydrogens is 339 g/mol. The Balaban J connectivity index is 1.68. The van der Waals surface area contributed by atoms with E-state index in [0.29, 0.717) is 5.56 Å². The van der Waals surface area contributed by atoms with Crippen molar-refractivity contribution in [2.75, 3.05) is 0 Å². The number of thiazole rings is 1. The highest BCUT2D eigenvalue weighted by Gasteiger charge is 2.11. The van der Waals surface area contributed by atoms with Crippen molar-refractivity contribution in [2.45, 2.75) is 20.5 Å². The molecule has 0 aliphatic heterocycles. The van der Waals surface area contributed by atoms with E-state index in [2.05, 4.69) is 4.98 Å². The molecule has 3 aromatic rings. The van der Waals surface area contributed by atoms with Gasteiger partial charge in [-0.2, -0.15) is 0 Å². The Bertz CT molecular complexity index is 914. The van der Waals surface area contributed by atoms with Crippen LogP contribution in [0.25, 0.3) is 11.2 Å². The largest absolute Gasteiger partial charge is 0.458 e. The Hall–Kier alpha value is -2.73. The number of carbonyl (C=O) groups excluding carboxylic acids is 1. The summed E-state index contributed by atoms with van der Waals surface area (Å²) in [5.74, 6) is -0.818. The number of hydrogen-bond donors (Lipinski definition) is 0. The highest BCUT2D eigenvalue weighted by molar-refractivity contribution is 7.12. The van der Waals surface area contributed by atoms with Crippen LogP contribution in [0.15, 0.2) is 48.0 Å². The number of aryl methyl sites for hydroxylation is 1. The first-order valence-electron chi connectivity index (χ1n) is 7.72. The third kappa shape index (κ3) is 4.03. The van der Waals surface area contributed by atoms with Crippen LogP contribution in [0.5, 0.6) is 0 Å². The van der Waals surface area contributed by atoms with E-state index in [-0.39, 0.29) is 12.4 Å². The molecule has 0 N–H and O–H groups in total. The van der Waals surface area contributed by atoms with Crippen LogP contribution in [0.3, 0.4) is 0 Å². The van der Waals surface area contributed by atoms with Crippen molar-refractivity contribution in [3.05, 3.63) is 76.3 Å². The lowest BCUT2D eigenvalue weighted by Gasteiger charge is -2.04. The first kappa shape index (κ1) is 17.1. The third-order valence-electron chi connectivity index (χ3n) is 3.75. The summed E-state index contributed by atoms with van der Waals surface area (Å²) >= 11 is 1.55. The lowest BCUT2D eigenvalue weighted by atomic mass is 10.2. The zero-order valence-corrected chi connectivity index (χ0v) is 14.7. The first-order chi connectivity index (χ1) is 12.0. The van der Waals surface area contributed by atoms with Crippen LogP contribution in [0, 0.1) is 19.7 Å². The van der Waals surface area contributed by atoms with E-state index in [0.717, 1.165) is 22.1 Å². The second-order valence-corrected chi connectivity index (χ2v) is 6.42. The maximum absolute atomic E-state index is 13.1. The molecule has 2 heterocycles. The van der Waals surface area contributed by atoms with Gasteiger partial charge in [-0.25, -0.2) is 14.2 Å². The summed E-state index contributed by atoms with van der Waals surface area (Å²) in [5, 5.41) is 2.82. The molecule has 0 saturated heterocycles. The maximum atomic E-state index is 13.1. The Labute approximate surface area is 149 Å². The molecule has 3 rings (SSSR count). The molecule has 2 aromatic heterocycles. The molecule has 4 nitrogen and oxygen atoms in total. The molecule has 0 amide bonds. The Kier molecular flexibility index (Phi) is 5.09. The zero-order valence-electron chi connectivity index (χ0n) is 13.9. The number of aromatic nitrogens is 2. The zero-order chi connectivity index (χ0) is 17.8. The quantitative estimate of drug-likeness (QED) is 0.501. The van der Waals surface area contributed by atoms with Gasteiger partial charge in [0.05, 0.1) is 0 Å². The molecule has 128 valence electrons. The molecule has 0 radical (unpaired) electrons. The minimum Gasteiger partial charge on any atom is -0.458 e. The fourth-order valence-corrected chi connectivity index (χ4v) is 3.32. The van der Waals surface area contributed by atoms with Gasteiger partial charge >= 0.3 is 5.97 Å². The van der Waals surface area contributed by atoms with Crippen LogP contribution in [0.1, 0.15) is 22.5 Å². The van der Waals surface area contributed by atoms with Crippen molar-refractivity contribution in [1.82, 2.24) is 9.55 Å². The summed E-state index contributed by atoms with van der Waals surface area (Å²) in [6.45, 7) is 4.01. The number of carbonyl (C=O) groups is 1. The molecule has 0 fully saturated rings. The molecule has 0 bridgehead atoms. The molecule has 0 spiro atoms. The number of ether oxygens (including phenoxy) is 1. The molecule has 1 aromatic carbocycles. The number of halogens is 1. The van der Waals surface area contributed by atoms with E-state index in [1.807, 2.05) is 29.9 Å². The molecule has 0 unspecified atom stereocenters. The van der Waals surface area contributed by atoms with E-state index in [1.165, 1.54) is 18.2 Å². The second-order valence-electron chi connectivity index (χ2n) is 5.55.